The SMILES string of the molecule is COc1ccc(S(=O)(=O)NCCCc2ccc(N3CCCCC3)cc2)cc1C. The highest BCUT2D eigenvalue weighted by Crippen LogP contribution is 2.22. The fourth-order valence-electron chi connectivity index (χ4n) is 3.63. The first-order valence-corrected chi connectivity index (χ1v) is 11.5. The molecule has 5 nitrogen and oxygen atoms in total. The van der Waals surface area contributed by atoms with Gasteiger partial charge in [-0.2, -0.15) is 0 Å². The number of benzene rings is 2. The van der Waals surface area contributed by atoms with Gasteiger partial charge in [0.1, 0.15) is 5.75 Å². The summed E-state index contributed by atoms with van der Waals surface area (Å²) in [6, 6.07) is 13.6. The molecule has 0 radical (unpaired) electrons. The van der Waals surface area contributed by atoms with Gasteiger partial charge in [0.25, 0.3) is 0 Å². The molecule has 0 aromatic heterocycles. The Morgan fingerprint density at radius 1 is 1.04 bits per heavy atom. The van der Waals surface area contributed by atoms with Gasteiger partial charge in [-0.3, -0.25) is 0 Å². The molecule has 1 N–H and O–H groups in total. The monoisotopic (exact) mass is 402 g/mol. The molecule has 0 bridgehead atoms. The zero-order valence-corrected chi connectivity index (χ0v) is 17.6. The van der Waals surface area contributed by atoms with Gasteiger partial charge < -0.3 is 9.64 Å². The van der Waals surface area contributed by atoms with Crippen LogP contribution in [0.4, 0.5) is 5.69 Å². The van der Waals surface area contributed by atoms with Crippen molar-refractivity contribution in [3.63, 3.8) is 0 Å². The van der Waals surface area contributed by atoms with E-state index in [0.717, 1.165) is 31.5 Å². The average Bonchev–Trinajstić information content (AvgIpc) is 2.72. The highest BCUT2D eigenvalue weighted by molar-refractivity contribution is 7.89. The van der Waals surface area contributed by atoms with Gasteiger partial charge >= 0.3 is 0 Å². The summed E-state index contributed by atoms with van der Waals surface area (Å²) in [5.41, 5.74) is 3.33. The highest BCUT2D eigenvalue weighted by atomic mass is 32.2. The number of aryl methyl sites for hydroxylation is 2. The predicted octanol–water partition coefficient (Wildman–Crippen LogP) is 3.91. The van der Waals surface area contributed by atoms with E-state index in [0.29, 0.717) is 12.3 Å². The maximum absolute atomic E-state index is 12.5. The lowest BCUT2D eigenvalue weighted by molar-refractivity contribution is 0.411. The van der Waals surface area contributed by atoms with Crippen molar-refractivity contribution in [3.8, 4) is 5.75 Å². The molecule has 6 heteroatoms. The third-order valence-corrected chi connectivity index (χ3v) is 6.73. The van der Waals surface area contributed by atoms with E-state index in [-0.39, 0.29) is 4.90 Å². The molecule has 28 heavy (non-hydrogen) atoms. The Morgan fingerprint density at radius 2 is 1.75 bits per heavy atom. The maximum Gasteiger partial charge on any atom is 0.240 e. The van der Waals surface area contributed by atoms with E-state index in [1.165, 1.54) is 30.5 Å². The molecule has 1 aliphatic rings. The third-order valence-electron chi connectivity index (χ3n) is 5.27. The van der Waals surface area contributed by atoms with Gasteiger partial charge in [-0.25, -0.2) is 13.1 Å². The van der Waals surface area contributed by atoms with Crippen LogP contribution in [-0.2, 0) is 16.4 Å². The lowest BCUT2D eigenvalue weighted by Crippen LogP contribution is -2.29. The van der Waals surface area contributed by atoms with E-state index in [2.05, 4.69) is 33.9 Å². The minimum atomic E-state index is -3.50. The van der Waals surface area contributed by atoms with Gasteiger partial charge in [0.05, 0.1) is 12.0 Å². The van der Waals surface area contributed by atoms with Crippen molar-refractivity contribution in [2.75, 3.05) is 31.6 Å². The largest absolute Gasteiger partial charge is 0.496 e. The number of anilines is 1. The number of rotatable bonds is 8. The number of sulfonamides is 1. The first-order valence-electron chi connectivity index (χ1n) is 9.98. The molecule has 3 rings (SSSR count). The molecule has 0 saturated carbocycles. The Hall–Kier alpha value is -2.05. The first kappa shape index (κ1) is 20.7. The van der Waals surface area contributed by atoms with Crippen molar-refractivity contribution >= 4 is 15.7 Å². The van der Waals surface area contributed by atoms with Crippen LogP contribution in [0, 0.1) is 6.92 Å². The summed E-state index contributed by atoms with van der Waals surface area (Å²) < 4.78 is 32.8. The van der Waals surface area contributed by atoms with E-state index in [9.17, 15) is 8.42 Å². The molecular weight excluding hydrogens is 372 g/mol. The zero-order chi connectivity index (χ0) is 20.0. The summed E-state index contributed by atoms with van der Waals surface area (Å²) in [6.45, 7) is 4.55. The normalized spacial score (nSPS) is 14.9. The molecule has 0 amide bonds. The summed E-state index contributed by atoms with van der Waals surface area (Å²) in [5.74, 6) is 0.687. The summed E-state index contributed by atoms with van der Waals surface area (Å²) in [4.78, 5) is 2.72. The second-order valence-corrected chi connectivity index (χ2v) is 9.11. The molecule has 1 fully saturated rings. The van der Waals surface area contributed by atoms with Crippen molar-refractivity contribution in [2.45, 2.75) is 43.9 Å². The lowest BCUT2D eigenvalue weighted by Gasteiger charge is -2.28. The van der Waals surface area contributed by atoms with Crippen LogP contribution in [0.25, 0.3) is 0 Å². The Labute approximate surface area is 168 Å². The van der Waals surface area contributed by atoms with Crippen LogP contribution in [0.5, 0.6) is 5.75 Å². The van der Waals surface area contributed by atoms with Crippen LogP contribution in [0.15, 0.2) is 47.4 Å². The van der Waals surface area contributed by atoms with Gasteiger partial charge in [0, 0.05) is 25.3 Å². The van der Waals surface area contributed by atoms with Gasteiger partial charge in [0.2, 0.25) is 10.0 Å². The van der Waals surface area contributed by atoms with E-state index >= 15 is 0 Å². The van der Waals surface area contributed by atoms with Gasteiger partial charge in [-0.05, 0) is 80.5 Å². The van der Waals surface area contributed by atoms with E-state index in [4.69, 9.17) is 4.74 Å². The summed E-state index contributed by atoms with van der Waals surface area (Å²) >= 11 is 0. The fourth-order valence-corrected chi connectivity index (χ4v) is 4.78. The number of nitrogens with one attached hydrogen (secondary N) is 1. The zero-order valence-electron chi connectivity index (χ0n) is 16.8. The van der Waals surface area contributed by atoms with Crippen LogP contribution in [-0.4, -0.2) is 35.2 Å². The second-order valence-electron chi connectivity index (χ2n) is 7.35. The average molecular weight is 403 g/mol. The van der Waals surface area contributed by atoms with Crippen LogP contribution in [0.2, 0.25) is 0 Å². The van der Waals surface area contributed by atoms with E-state index in [1.54, 1.807) is 25.3 Å². The van der Waals surface area contributed by atoms with Crippen molar-refractivity contribution < 1.29 is 13.2 Å². The smallest absolute Gasteiger partial charge is 0.240 e. The second kappa shape index (κ2) is 9.43. The highest BCUT2D eigenvalue weighted by Gasteiger charge is 2.15. The third kappa shape index (κ3) is 5.26. The molecule has 0 aliphatic carbocycles. The maximum atomic E-state index is 12.5. The molecule has 1 heterocycles. The molecule has 2 aromatic rings. The number of hydrogen-bond acceptors (Lipinski definition) is 4. The predicted molar refractivity (Wildman–Crippen MR) is 114 cm³/mol. The van der Waals surface area contributed by atoms with Gasteiger partial charge in [-0.15, -0.1) is 0 Å². The van der Waals surface area contributed by atoms with E-state index in [1.807, 2.05) is 6.92 Å². The molecule has 1 aliphatic heterocycles. The van der Waals surface area contributed by atoms with Gasteiger partial charge in [-0.1, -0.05) is 12.1 Å². The molecular formula is C22H30N2O3S. The lowest BCUT2D eigenvalue weighted by atomic mass is 10.1. The summed E-state index contributed by atoms with van der Waals surface area (Å²) in [7, 11) is -1.92. The molecule has 0 atom stereocenters. The summed E-state index contributed by atoms with van der Waals surface area (Å²) in [6.07, 6.45) is 5.49. The molecule has 2 aromatic carbocycles. The molecule has 0 spiro atoms. The number of ether oxygens (including phenoxy) is 1. The van der Waals surface area contributed by atoms with Crippen LogP contribution in [0.1, 0.15) is 36.8 Å². The Balaban J connectivity index is 1.49. The number of piperidine rings is 1. The molecule has 1 saturated heterocycles. The van der Waals surface area contributed by atoms with Gasteiger partial charge in [0.15, 0.2) is 0 Å². The van der Waals surface area contributed by atoms with Crippen molar-refractivity contribution in [2.24, 2.45) is 0 Å². The van der Waals surface area contributed by atoms with Crippen LogP contribution < -0.4 is 14.4 Å². The number of hydrogen-bond donors (Lipinski definition) is 1. The number of nitrogens with zero attached hydrogens (tertiary/aromatic N) is 1. The standard InChI is InChI=1S/C22H30N2O3S/c1-18-17-21(12-13-22(18)27-2)28(25,26)23-14-6-7-19-8-10-20(11-9-19)24-15-4-3-5-16-24/h8-13,17,23H,3-7,14-16H2,1-2H3. The van der Waals surface area contributed by atoms with Crippen molar-refractivity contribution in [1.82, 2.24) is 4.72 Å². The Morgan fingerprint density at radius 3 is 2.39 bits per heavy atom. The summed E-state index contributed by atoms with van der Waals surface area (Å²) in [5, 5.41) is 0. The van der Waals surface area contributed by atoms with Crippen LogP contribution in [0.3, 0.4) is 0 Å². The van der Waals surface area contributed by atoms with Crippen LogP contribution >= 0.6 is 0 Å². The topological polar surface area (TPSA) is 58.6 Å². The quantitative estimate of drug-likeness (QED) is 0.680. The van der Waals surface area contributed by atoms with Crippen molar-refractivity contribution in [3.05, 3.63) is 53.6 Å². The molecule has 0 unspecified atom stereocenters. The minimum absolute atomic E-state index is 0.275. The van der Waals surface area contributed by atoms with E-state index < -0.39 is 10.0 Å². The Kier molecular flexibility index (Phi) is 6.97. The number of methoxy groups -OCH3 is 1. The fraction of sp³-hybridized carbons (Fsp3) is 0.455. The van der Waals surface area contributed by atoms with Crippen molar-refractivity contribution in [1.29, 1.82) is 0 Å². The minimum Gasteiger partial charge on any atom is -0.496 e. The molecule has 152 valence electrons. The Bertz CT molecular complexity index is 873. The first-order chi connectivity index (χ1) is 13.5.